The number of oxime groups is 1. The van der Waals surface area contributed by atoms with Crippen LogP contribution in [0.2, 0.25) is 0 Å². The fourth-order valence-electron chi connectivity index (χ4n) is 1.77. The van der Waals surface area contributed by atoms with Gasteiger partial charge in [0.1, 0.15) is 5.17 Å². The Morgan fingerprint density at radius 3 is 2.19 bits per heavy atom. The Hall–Kier alpha value is -2.00. The van der Waals surface area contributed by atoms with Gasteiger partial charge in [0, 0.05) is 19.2 Å². The third-order valence-corrected chi connectivity index (χ3v) is 4.22. The lowest BCUT2D eigenvalue weighted by Gasteiger charge is -2.27. The van der Waals surface area contributed by atoms with Crippen molar-refractivity contribution in [2.45, 2.75) is 24.4 Å². The molecule has 0 aliphatic heterocycles. The molecule has 0 radical (unpaired) electrons. The summed E-state index contributed by atoms with van der Waals surface area (Å²) in [5, 5.41) is 3.44. The first-order valence-corrected chi connectivity index (χ1v) is 7.86. The van der Waals surface area contributed by atoms with E-state index < -0.39 is 28.7 Å². The quantitative estimate of drug-likeness (QED) is 0.235. The molecule has 11 heteroatoms. The first-order valence-electron chi connectivity index (χ1n) is 7.10. The number of methoxy groups -OCH3 is 1. The van der Waals surface area contributed by atoms with Gasteiger partial charge < -0.3 is 4.74 Å². The summed E-state index contributed by atoms with van der Waals surface area (Å²) in [6.45, 7) is 1.70. The molecule has 26 heavy (non-hydrogen) atoms. The number of halogens is 5. The first kappa shape index (κ1) is 22.0. The van der Waals surface area contributed by atoms with E-state index in [4.69, 9.17) is 23.2 Å². The van der Waals surface area contributed by atoms with Crippen LogP contribution in [0.5, 0.6) is 0 Å². The van der Waals surface area contributed by atoms with Gasteiger partial charge in [-0.25, -0.2) is 9.59 Å². The SMILES string of the molecule is CC/C(Cl)=N\OC(=O)N(C)c1ccc([C@@](Cl)(C(=O)OC)C(F)(F)F)cc1. The van der Waals surface area contributed by atoms with E-state index in [2.05, 4.69) is 14.7 Å². The summed E-state index contributed by atoms with van der Waals surface area (Å²) in [5.41, 5.74) is -0.385. The number of benzene rings is 1. The number of hydrogen-bond donors (Lipinski definition) is 0. The average Bonchev–Trinajstić information content (AvgIpc) is 2.62. The molecule has 0 heterocycles. The number of carbonyl (C=O) groups excluding carboxylic acids is 2. The van der Waals surface area contributed by atoms with Gasteiger partial charge in [0.2, 0.25) is 0 Å². The zero-order valence-electron chi connectivity index (χ0n) is 13.9. The van der Waals surface area contributed by atoms with E-state index in [1.165, 1.54) is 7.05 Å². The van der Waals surface area contributed by atoms with E-state index in [-0.39, 0.29) is 10.9 Å². The number of amides is 1. The molecule has 0 fully saturated rings. The van der Waals surface area contributed by atoms with E-state index in [9.17, 15) is 22.8 Å². The van der Waals surface area contributed by atoms with Crippen LogP contribution in [0.4, 0.5) is 23.7 Å². The van der Waals surface area contributed by atoms with Crippen LogP contribution in [-0.4, -0.2) is 37.6 Å². The van der Waals surface area contributed by atoms with Crippen molar-refractivity contribution in [1.82, 2.24) is 0 Å². The number of carbonyl (C=O) groups is 2. The van der Waals surface area contributed by atoms with Crippen LogP contribution in [0.1, 0.15) is 18.9 Å². The average molecular weight is 415 g/mol. The highest BCUT2D eigenvalue weighted by atomic mass is 35.5. The number of anilines is 1. The highest BCUT2D eigenvalue weighted by Gasteiger charge is 2.61. The van der Waals surface area contributed by atoms with E-state index >= 15 is 0 Å². The van der Waals surface area contributed by atoms with Crippen molar-refractivity contribution < 1.29 is 32.3 Å². The Kier molecular flexibility index (Phi) is 7.28. The molecular weight excluding hydrogens is 400 g/mol. The summed E-state index contributed by atoms with van der Waals surface area (Å²) in [6, 6.07) is 4.23. The summed E-state index contributed by atoms with van der Waals surface area (Å²) < 4.78 is 44.0. The van der Waals surface area contributed by atoms with Crippen LogP contribution in [-0.2, 0) is 19.2 Å². The molecule has 0 N–H and O–H groups in total. The number of alkyl halides is 4. The molecule has 0 aliphatic carbocycles. The zero-order chi connectivity index (χ0) is 20.1. The van der Waals surface area contributed by atoms with Gasteiger partial charge in [-0.05, 0) is 17.7 Å². The summed E-state index contributed by atoms with van der Waals surface area (Å²) >= 11 is 11.2. The molecule has 0 aromatic heterocycles. The van der Waals surface area contributed by atoms with Crippen molar-refractivity contribution in [2.24, 2.45) is 5.16 Å². The van der Waals surface area contributed by atoms with Crippen molar-refractivity contribution in [1.29, 1.82) is 0 Å². The molecule has 0 saturated carbocycles. The van der Waals surface area contributed by atoms with Gasteiger partial charge in [-0.3, -0.25) is 9.74 Å². The van der Waals surface area contributed by atoms with Crippen LogP contribution in [0.15, 0.2) is 29.4 Å². The Bertz CT molecular complexity index is 695. The molecule has 1 amide bonds. The smallest absolute Gasteiger partial charge is 0.440 e. The fourth-order valence-corrected chi connectivity index (χ4v) is 2.01. The minimum atomic E-state index is -5.10. The maximum Gasteiger partial charge on any atom is 0.440 e. The molecule has 0 saturated heterocycles. The number of ether oxygens (including phenoxy) is 1. The van der Waals surface area contributed by atoms with Gasteiger partial charge in [-0.2, -0.15) is 13.2 Å². The van der Waals surface area contributed by atoms with Crippen LogP contribution in [0.25, 0.3) is 0 Å². The van der Waals surface area contributed by atoms with Gasteiger partial charge >= 0.3 is 18.2 Å². The number of hydrogen-bond acceptors (Lipinski definition) is 5. The van der Waals surface area contributed by atoms with Gasteiger partial charge in [-0.15, -0.1) is 0 Å². The van der Waals surface area contributed by atoms with E-state index in [0.29, 0.717) is 6.42 Å². The summed E-state index contributed by atoms with van der Waals surface area (Å²) in [7, 11) is 2.11. The van der Waals surface area contributed by atoms with Gasteiger partial charge in [0.15, 0.2) is 0 Å². The lowest BCUT2D eigenvalue weighted by molar-refractivity contribution is -0.189. The standard InChI is InChI=1S/C15H15Cl2F3N2O4/c1-4-11(16)21-26-13(24)22(2)10-7-5-9(6-8-10)14(17,12(23)25-3)15(18,19)20/h5-8H,4H2,1-3H3/b21-11+/t14-/m1/s1. The fraction of sp³-hybridized carbons (Fsp3) is 0.400. The van der Waals surface area contributed by atoms with Crippen molar-refractivity contribution in [3.05, 3.63) is 29.8 Å². The number of esters is 1. The minimum Gasteiger partial charge on any atom is -0.467 e. The van der Waals surface area contributed by atoms with Crippen molar-refractivity contribution in [3.63, 3.8) is 0 Å². The second-order valence-corrected chi connectivity index (χ2v) is 5.94. The third-order valence-electron chi connectivity index (χ3n) is 3.30. The normalized spacial score (nSPS) is 14.4. The predicted octanol–water partition coefficient (Wildman–Crippen LogP) is 4.39. The molecule has 0 aliphatic rings. The van der Waals surface area contributed by atoms with Crippen LogP contribution in [0, 0.1) is 0 Å². The third kappa shape index (κ3) is 4.59. The van der Waals surface area contributed by atoms with Gasteiger partial charge in [-0.1, -0.05) is 47.4 Å². The first-order chi connectivity index (χ1) is 12.0. The van der Waals surface area contributed by atoms with Gasteiger partial charge in [0.05, 0.1) is 7.11 Å². The molecule has 0 spiro atoms. The summed E-state index contributed by atoms with van der Waals surface area (Å²) in [5.74, 6) is -1.67. The van der Waals surface area contributed by atoms with E-state index in [1.54, 1.807) is 6.92 Å². The zero-order valence-corrected chi connectivity index (χ0v) is 15.4. The van der Waals surface area contributed by atoms with Crippen molar-refractivity contribution in [3.8, 4) is 0 Å². The molecule has 1 atom stereocenters. The molecule has 0 unspecified atom stereocenters. The second-order valence-electron chi connectivity index (χ2n) is 4.93. The lowest BCUT2D eigenvalue weighted by Crippen LogP contribution is -2.45. The Morgan fingerprint density at radius 1 is 1.23 bits per heavy atom. The summed E-state index contributed by atoms with van der Waals surface area (Å²) in [6.07, 6.45) is -5.65. The molecule has 6 nitrogen and oxygen atoms in total. The Balaban J connectivity index is 3.10. The highest BCUT2D eigenvalue weighted by Crippen LogP contribution is 2.46. The van der Waals surface area contributed by atoms with Crippen LogP contribution in [0.3, 0.4) is 0 Å². The lowest BCUT2D eigenvalue weighted by atomic mass is 9.97. The second kappa shape index (κ2) is 8.59. The largest absolute Gasteiger partial charge is 0.467 e. The molecule has 0 bridgehead atoms. The van der Waals surface area contributed by atoms with E-state index in [1.807, 2.05) is 0 Å². The monoisotopic (exact) mass is 414 g/mol. The van der Waals surface area contributed by atoms with Crippen LogP contribution < -0.4 is 4.90 Å². The maximum absolute atomic E-state index is 13.3. The summed E-state index contributed by atoms with van der Waals surface area (Å²) in [4.78, 5) is 25.6. The topological polar surface area (TPSA) is 68.2 Å². The van der Waals surface area contributed by atoms with Crippen molar-refractivity contribution in [2.75, 3.05) is 19.1 Å². The molecule has 144 valence electrons. The van der Waals surface area contributed by atoms with E-state index in [0.717, 1.165) is 36.3 Å². The Labute approximate surface area is 157 Å². The molecule has 1 rings (SSSR count). The predicted molar refractivity (Wildman–Crippen MR) is 90.5 cm³/mol. The maximum atomic E-state index is 13.3. The molecular formula is C15H15Cl2F3N2O4. The van der Waals surface area contributed by atoms with Gasteiger partial charge in [0.25, 0.3) is 4.87 Å². The Morgan fingerprint density at radius 2 is 1.77 bits per heavy atom. The molecule has 1 aromatic rings. The number of nitrogens with zero attached hydrogens (tertiary/aromatic N) is 2. The number of rotatable bonds is 5. The van der Waals surface area contributed by atoms with Crippen molar-refractivity contribution >= 4 is 46.1 Å². The minimum absolute atomic E-state index is 0.0669. The van der Waals surface area contributed by atoms with Crippen LogP contribution >= 0.6 is 23.2 Å². The molecule has 1 aromatic carbocycles. The highest BCUT2D eigenvalue weighted by molar-refractivity contribution is 6.65.